The van der Waals surface area contributed by atoms with Gasteiger partial charge in [0.05, 0.1) is 26.2 Å². The van der Waals surface area contributed by atoms with Crippen molar-refractivity contribution in [3.05, 3.63) is 58.9 Å². The van der Waals surface area contributed by atoms with Gasteiger partial charge in [0.2, 0.25) is 5.91 Å². The predicted molar refractivity (Wildman–Crippen MR) is 123 cm³/mol. The van der Waals surface area contributed by atoms with Gasteiger partial charge in [0, 0.05) is 24.2 Å². The Morgan fingerprint density at radius 3 is 2.27 bits per heavy atom. The quantitative estimate of drug-likeness (QED) is 0.671. The van der Waals surface area contributed by atoms with Crippen LogP contribution in [0.1, 0.15) is 72.0 Å². The lowest BCUT2D eigenvalue weighted by molar-refractivity contribution is -0.125. The molecule has 4 rings (SSSR count). The number of halogens is 1. The lowest BCUT2D eigenvalue weighted by Crippen LogP contribution is -2.47. The Balaban J connectivity index is 1.83. The van der Waals surface area contributed by atoms with E-state index in [9.17, 15) is 14.0 Å². The second kappa shape index (κ2) is 9.81. The number of carbonyl (C=O) groups excluding carboxylic acids is 2. The third-order valence-electron chi connectivity index (χ3n) is 6.88. The summed E-state index contributed by atoms with van der Waals surface area (Å²) in [4.78, 5) is 28.6. The maximum Gasteiger partial charge on any atom is 0.254 e. The van der Waals surface area contributed by atoms with Gasteiger partial charge in [-0.3, -0.25) is 9.59 Å². The van der Waals surface area contributed by atoms with E-state index in [2.05, 4.69) is 5.32 Å². The molecule has 1 saturated carbocycles. The summed E-state index contributed by atoms with van der Waals surface area (Å²) >= 11 is 0. The minimum Gasteiger partial charge on any atom is -0.493 e. The molecule has 2 aromatic rings. The molecule has 2 amide bonds. The molecule has 2 aliphatic rings. The van der Waals surface area contributed by atoms with Crippen LogP contribution in [0.25, 0.3) is 0 Å². The molecule has 0 aromatic heterocycles. The molecule has 1 heterocycles. The first kappa shape index (κ1) is 23.1. The van der Waals surface area contributed by atoms with Crippen LogP contribution in [0.15, 0.2) is 36.4 Å². The van der Waals surface area contributed by atoms with Crippen molar-refractivity contribution in [3.63, 3.8) is 0 Å². The fourth-order valence-corrected chi connectivity index (χ4v) is 5.15. The van der Waals surface area contributed by atoms with Crippen molar-refractivity contribution in [2.75, 3.05) is 21.3 Å². The van der Waals surface area contributed by atoms with Gasteiger partial charge >= 0.3 is 0 Å². The third-order valence-corrected chi connectivity index (χ3v) is 6.88. The Bertz CT molecular complexity index is 1030. The fraction of sp³-hybridized carbons (Fsp3) is 0.462. The molecule has 0 saturated heterocycles. The Hall–Kier alpha value is -3.09. The molecule has 2 atom stereocenters. The van der Waals surface area contributed by atoms with Crippen LogP contribution >= 0.6 is 0 Å². The van der Waals surface area contributed by atoms with Crippen LogP contribution in [0, 0.1) is 5.82 Å². The normalized spacial score (nSPS) is 21.2. The van der Waals surface area contributed by atoms with E-state index < -0.39 is 17.8 Å². The number of nitrogens with zero attached hydrogens (tertiary/aromatic N) is 1. The summed E-state index contributed by atoms with van der Waals surface area (Å²) in [6, 6.07) is 8.91. The standard InChI is InChI=1S/C26H31FN2O4/c1-29-24(17-12-8-9-13-20(17)27)23(25(30)28-16-10-6-4-5-7-11-16)18-14-21(32-2)22(33-3)15-19(18)26(29)31/h8-9,12-16,23-24H,4-7,10-11H2,1-3H3,(H,28,30)/t23-,24+/m1/s1. The Morgan fingerprint density at radius 1 is 1.00 bits per heavy atom. The monoisotopic (exact) mass is 454 g/mol. The van der Waals surface area contributed by atoms with Gasteiger partial charge in [0.25, 0.3) is 5.91 Å². The number of likely N-dealkylation sites (N-methyl/N-ethyl adjacent to an activating group) is 1. The molecule has 0 spiro atoms. The molecule has 0 radical (unpaired) electrons. The highest BCUT2D eigenvalue weighted by Crippen LogP contribution is 2.46. The zero-order valence-electron chi connectivity index (χ0n) is 19.4. The molecule has 1 aliphatic heterocycles. The van der Waals surface area contributed by atoms with Gasteiger partial charge in [-0.1, -0.05) is 43.9 Å². The number of fused-ring (bicyclic) bond motifs is 1. The fourth-order valence-electron chi connectivity index (χ4n) is 5.15. The first-order valence-electron chi connectivity index (χ1n) is 11.5. The topological polar surface area (TPSA) is 67.9 Å². The van der Waals surface area contributed by atoms with E-state index in [1.165, 1.54) is 38.0 Å². The molecule has 1 aliphatic carbocycles. The first-order valence-corrected chi connectivity index (χ1v) is 11.5. The summed E-state index contributed by atoms with van der Waals surface area (Å²) in [5.41, 5.74) is 1.20. The van der Waals surface area contributed by atoms with E-state index >= 15 is 0 Å². The number of hydrogen-bond donors (Lipinski definition) is 1. The minimum absolute atomic E-state index is 0.0767. The molecule has 33 heavy (non-hydrogen) atoms. The summed E-state index contributed by atoms with van der Waals surface area (Å²) in [5, 5.41) is 3.22. The van der Waals surface area contributed by atoms with Gasteiger partial charge in [-0.15, -0.1) is 0 Å². The van der Waals surface area contributed by atoms with E-state index in [-0.39, 0.29) is 17.9 Å². The van der Waals surface area contributed by atoms with Crippen molar-refractivity contribution in [1.29, 1.82) is 0 Å². The van der Waals surface area contributed by atoms with Gasteiger partial charge in [0.1, 0.15) is 5.82 Å². The predicted octanol–water partition coefficient (Wildman–Crippen LogP) is 4.59. The SMILES string of the molecule is COc1cc2c(cc1OC)[C@@H](C(=O)NC1CCCCCC1)[C@H](c1ccccc1F)N(C)C2=O. The maximum atomic E-state index is 14.9. The number of carbonyl (C=O) groups is 2. The third kappa shape index (κ3) is 4.41. The van der Waals surface area contributed by atoms with E-state index in [1.807, 2.05) is 0 Å². The number of rotatable bonds is 5. The van der Waals surface area contributed by atoms with Crippen LogP contribution in [-0.2, 0) is 4.79 Å². The molecular weight excluding hydrogens is 423 g/mol. The molecule has 176 valence electrons. The number of ether oxygens (including phenoxy) is 2. The molecule has 1 N–H and O–H groups in total. The van der Waals surface area contributed by atoms with E-state index in [4.69, 9.17) is 9.47 Å². The zero-order valence-corrected chi connectivity index (χ0v) is 19.4. The van der Waals surface area contributed by atoms with Crippen LogP contribution in [0.2, 0.25) is 0 Å². The minimum atomic E-state index is -0.789. The van der Waals surface area contributed by atoms with Gasteiger partial charge in [-0.05, 0) is 36.6 Å². The summed E-state index contributed by atoms with van der Waals surface area (Å²) in [6.07, 6.45) is 6.35. The number of hydrogen-bond acceptors (Lipinski definition) is 4. The number of benzene rings is 2. The van der Waals surface area contributed by atoms with Gasteiger partial charge < -0.3 is 19.7 Å². The van der Waals surface area contributed by atoms with Gasteiger partial charge in [-0.25, -0.2) is 4.39 Å². The maximum absolute atomic E-state index is 14.9. The largest absolute Gasteiger partial charge is 0.493 e. The summed E-state index contributed by atoms with van der Waals surface area (Å²) in [7, 11) is 4.63. The summed E-state index contributed by atoms with van der Waals surface area (Å²) < 4.78 is 25.8. The second-order valence-corrected chi connectivity index (χ2v) is 8.85. The zero-order chi connectivity index (χ0) is 23.5. The summed E-state index contributed by atoms with van der Waals surface area (Å²) in [6.45, 7) is 0. The molecule has 6 nitrogen and oxygen atoms in total. The van der Waals surface area contributed by atoms with E-state index in [0.29, 0.717) is 28.2 Å². The Labute approximate surface area is 194 Å². The molecule has 2 aromatic carbocycles. The van der Waals surface area contributed by atoms with Crippen LogP contribution in [0.3, 0.4) is 0 Å². The Kier molecular flexibility index (Phi) is 6.86. The lowest BCUT2D eigenvalue weighted by Gasteiger charge is -2.40. The van der Waals surface area contributed by atoms with Crippen molar-refractivity contribution in [2.45, 2.75) is 56.5 Å². The second-order valence-electron chi connectivity index (χ2n) is 8.85. The molecule has 0 unspecified atom stereocenters. The van der Waals surface area contributed by atoms with Crippen LogP contribution in [-0.4, -0.2) is 44.0 Å². The summed E-state index contributed by atoms with van der Waals surface area (Å²) in [5.74, 6) is -0.903. The molecular formula is C26H31FN2O4. The smallest absolute Gasteiger partial charge is 0.254 e. The molecule has 1 fully saturated rings. The number of nitrogens with one attached hydrogen (secondary N) is 1. The lowest BCUT2D eigenvalue weighted by atomic mass is 9.78. The van der Waals surface area contributed by atoms with Crippen molar-refractivity contribution in [2.24, 2.45) is 0 Å². The molecule has 7 heteroatoms. The van der Waals surface area contributed by atoms with Gasteiger partial charge in [-0.2, -0.15) is 0 Å². The van der Waals surface area contributed by atoms with Crippen LogP contribution in [0.4, 0.5) is 4.39 Å². The highest BCUT2D eigenvalue weighted by molar-refractivity contribution is 6.02. The van der Waals surface area contributed by atoms with Crippen LogP contribution < -0.4 is 14.8 Å². The average molecular weight is 455 g/mol. The van der Waals surface area contributed by atoms with Crippen molar-refractivity contribution in [1.82, 2.24) is 10.2 Å². The van der Waals surface area contributed by atoms with E-state index in [0.717, 1.165) is 25.7 Å². The Morgan fingerprint density at radius 2 is 1.64 bits per heavy atom. The highest BCUT2D eigenvalue weighted by Gasteiger charge is 2.44. The van der Waals surface area contributed by atoms with Crippen molar-refractivity contribution >= 4 is 11.8 Å². The van der Waals surface area contributed by atoms with Crippen molar-refractivity contribution < 1.29 is 23.5 Å². The van der Waals surface area contributed by atoms with Crippen molar-refractivity contribution in [3.8, 4) is 11.5 Å². The van der Waals surface area contributed by atoms with E-state index in [1.54, 1.807) is 37.4 Å². The first-order chi connectivity index (χ1) is 16.0. The average Bonchev–Trinajstić information content (AvgIpc) is 3.09. The molecule has 0 bridgehead atoms. The number of amides is 2. The van der Waals surface area contributed by atoms with Gasteiger partial charge in [0.15, 0.2) is 11.5 Å². The number of methoxy groups -OCH3 is 2. The van der Waals surface area contributed by atoms with Crippen LogP contribution in [0.5, 0.6) is 11.5 Å². The highest BCUT2D eigenvalue weighted by atomic mass is 19.1.